The number of hydrogen-bond acceptors (Lipinski definition) is 2. The second-order valence-corrected chi connectivity index (χ2v) is 3.57. The first-order chi connectivity index (χ1) is 7.36. The quantitative estimate of drug-likeness (QED) is 0.693. The van der Waals surface area contributed by atoms with Gasteiger partial charge in [-0.2, -0.15) is 0 Å². The Hall–Kier alpha value is -1.12. The summed E-state index contributed by atoms with van der Waals surface area (Å²) in [7, 11) is 3.94. The van der Waals surface area contributed by atoms with Gasteiger partial charge in [0.05, 0.1) is 0 Å². The van der Waals surface area contributed by atoms with Crippen molar-refractivity contribution in [2.24, 2.45) is 0 Å². The van der Waals surface area contributed by atoms with Crippen LogP contribution in [0.15, 0.2) is 30.3 Å². The molecular formula is C13H20N2. The molecule has 0 spiro atoms. The van der Waals surface area contributed by atoms with Crippen molar-refractivity contribution in [3.63, 3.8) is 0 Å². The summed E-state index contributed by atoms with van der Waals surface area (Å²) < 4.78 is 0. The van der Waals surface area contributed by atoms with Crippen molar-refractivity contribution in [2.75, 3.05) is 20.6 Å². The summed E-state index contributed by atoms with van der Waals surface area (Å²) in [5, 5.41) is 6.26. The number of benzene rings is 1. The molecule has 2 heteroatoms. The van der Waals surface area contributed by atoms with E-state index < -0.39 is 0 Å². The van der Waals surface area contributed by atoms with Gasteiger partial charge in [-0.3, -0.25) is 0 Å². The zero-order valence-electron chi connectivity index (χ0n) is 9.59. The van der Waals surface area contributed by atoms with E-state index in [4.69, 9.17) is 0 Å². The Balaban J connectivity index is 2.45. The summed E-state index contributed by atoms with van der Waals surface area (Å²) in [5.74, 6) is 0. The van der Waals surface area contributed by atoms with E-state index in [1.165, 1.54) is 11.1 Å². The summed E-state index contributed by atoms with van der Waals surface area (Å²) in [6.07, 6.45) is 5.44. The minimum atomic E-state index is 0.934. The van der Waals surface area contributed by atoms with E-state index in [1.54, 1.807) is 0 Å². The van der Waals surface area contributed by atoms with Gasteiger partial charge in [-0.15, -0.1) is 0 Å². The first kappa shape index (κ1) is 12.0. The van der Waals surface area contributed by atoms with E-state index in [1.807, 2.05) is 14.1 Å². The van der Waals surface area contributed by atoms with Crippen molar-refractivity contribution in [2.45, 2.75) is 13.0 Å². The fourth-order valence-electron chi connectivity index (χ4n) is 1.40. The lowest BCUT2D eigenvalue weighted by atomic mass is 10.1. The maximum atomic E-state index is 3.14. The molecule has 0 bridgehead atoms. The lowest BCUT2D eigenvalue weighted by Crippen LogP contribution is -2.05. The molecule has 1 aromatic carbocycles. The second-order valence-electron chi connectivity index (χ2n) is 3.57. The van der Waals surface area contributed by atoms with Gasteiger partial charge in [0.2, 0.25) is 0 Å². The topological polar surface area (TPSA) is 24.1 Å². The van der Waals surface area contributed by atoms with Crippen LogP contribution in [0.1, 0.15) is 17.5 Å². The van der Waals surface area contributed by atoms with Gasteiger partial charge in [0.15, 0.2) is 0 Å². The Bertz CT molecular complexity index is 288. The largest absolute Gasteiger partial charge is 0.319 e. The van der Waals surface area contributed by atoms with Crippen molar-refractivity contribution in [3.05, 3.63) is 41.5 Å². The van der Waals surface area contributed by atoms with E-state index in [-0.39, 0.29) is 0 Å². The van der Waals surface area contributed by atoms with Gasteiger partial charge in [0.1, 0.15) is 0 Å². The molecule has 15 heavy (non-hydrogen) atoms. The molecule has 0 saturated heterocycles. The van der Waals surface area contributed by atoms with Gasteiger partial charge < -0.3 is 10.6 Å². The molecule has 2 N–H and O–H groups in total. The van der Waals surface area contributed by atoms with Crippen LogP contribution in [-0.4, -0.2) is 20.6 Å². The highest BCUT2D eigenvalue weighted by molar-refractivity contribution is 5.49. The van der Waals surface area contributed by atoms with E-state index in [2.05, 4.69) is 47.1 Å². The predicted octanol–water partition coefficient (Wildman–Crippen LogP) is 2.03. The average Bonchev–Trinajstić information content (AvgIpc) is 2.27. The van der Waals surface area contributed by atoms with Gasteiger partial charge >= 0.3 is 0 Å². The fourth-order valence-corrected chi connectivity index (χ4v) is 1.40. The average molecular weight is 204 g/mol. The molecule has 82 valence electrons. The standard InChI is InChI=1S/C13H20N2/c1-14-10-4-3-5-12-6-8-13(9-7-12)11-15-2/h3,5-9,14-15H,4,10-11H2,1-2H3. The van der Waals surface area contributed by atoms with Gasteiger partial charge in [-0.25, -0.2) is 0 Å². The molecular weight excluding hydrogens is 184 g/mol. The normalized spacial score (nSPS) is 11.1. The third kappa shape index (κ3) is 4.77. The molecule has 0 unspecified atom stereocenters. The van der Waals surface area contributed by atoms with Crippen molar-refractivity contribution in [1.82, 2.24) is 10.6 Å². The number of hydrogen-bond donors (Lipinski definition) is 2. The molecule has 0 amide bonds. The highest BCUT2D eigenvalue weighted by atomic mass is 14.8. The molecule has 1 rings (SSSR count). The number of nitrogens with one attached hydrogen (secondary N) is 2. The Kier molecular flexibility index (Phi) is 5.74. The van der Waals surface area contributed by atoms with Crippen molar-refractivity contribution >= 4 is 6.08 Å². The second kappa shape index (κ2) is 7.21. The lowest BCUT2D eigenvalue weighted by Gasteiger charge is -2.00. The molecule has 0 saturated carbocycles. The van der Waals surface area contributed by atoms with Crippen LogP contribution >= 0.6 is 0 Å². The molecule has 0 aliphatic heterocycles. The Morgan fingerprint density at radius 2 is 1.80 bits per heavy atom. The maximum Gasteiger partial charge on any atom is 0.0202 e. The minimum absolute atomic E-state index is 0.934. The molecule has 1 aromatic rings. The number of rotatable bonds is 6. The summed E-state index contributed by atoms with van der Waals surface area (Å²) in [6, 6.07) is 8.63. The molecule has 0 fully saturated rings. The van der Waals surface area contributed by atoms with E-state index in [0.29, 0.717) is 0 Å². The van der Waals surface area contributed by atoms with Crippen LogP contribution in [0.2, 0.25) is 0 Å². The summed E-state index contributed by atoms with van der Waals surface area (Å²) in [6.45, 7) is 1.97. The molecule has 0 heterocycles. The Labute approximate surface area is 92.4 Å². The van der Waals surface area contributed by atoms with Gasteiger partial charge in [0, 0.05) is 6.54 Å². The van der Waals surface area contributed by atoms with Crippen LogP contribution in [0.4, 0.5) is 0 Å². The van der Waals surface area contributed by atoms with Crippen molar-refractivity contribution in [3.8, 4) is 0 Å². The van der Waals surface area contributed by atoms with E-state index >= 15 is 0 Å². The van der Waals surface area contributed by atoms with E-state index in [9.17, 15) is 0 Å². The minimum Gasteiger partial charge on any atom is -0.319 e. The molecule has 0 aromatic heterocycles. The molecule has 0 aliphatic carbocycles. The van der Waals surface area contributed by atoms with Crippen molar-refractivity contribution < 1.29 is 0 Å². The predicted molar refractivity (Wildman–Crippen MR) is 66.8 cm³/mol. The van der Waals surface area contributed by atoms with Crippen LogP contribution in [-0.2, 0) is 6.54 Å². The first-order valence-electron chi connectivity index (χ1n) is 5.41. The van der Waals surface area contributed by atoms with Gasteiger partial charge in [0.25, 0.3) is 0 Å². The third-order valence-corrected chi connectivity index (χ3v) is 2.23. The Morgan fingerprint density at radius 1 is 1.07 bits per heavy atom. The fraction of sp³-hybridized carbons (Fsp3) is 0.385. The van der Waals surface area contributed by atoms with Crippen LogP contribution in [0.3, 0.4) is 0 Å². The monoisotopic (exact) mass is 204 g/mol. The smallest absolute Gasteiger partial charge is 0.0202 e. The zero-order chi connectivity index (χ0) is 10.9. The first-order valence-corrected chi connectivity index (χ1v) is 5.41. The molecule has 0 atom stereocenters. The zero-order valence-corrected chi connectivity index (χ0v) is 9.59. The highest BCUT2D eigenvalue weighted by Crippen LogP contribution is 2.06. The molecule has 2 nitrogen and oxygen atoms in total. The van der Waals surface area contributed by atoms with Gasteiger partial charge in [-0.1, -0.05) is 36.4 Å². The van der Waals surface area contributed by atoms with Crippen LogP contribution in [0.25, 0.3) is 6.08 Å². The summed E-state index contributed by atoms with van der Waals surface area (Å²) in [5.41, 5.74) is 2.59. The van der Waals surface area contributed by atoms with Gasteiger partial charge in [-0.05, 0) is 38.2 Å². The third-order valence-electron chi connectivity index (χ3n) is 2.23. The molecule has 0 radical (unpaired) electrons. The highest BCUT2D eigenvalue weighted by Gasteiger charge is 1.90. The van der Waals surface area contributed by atoms with Crippen LogP contribution in [0.5, 0.6) is 0 Å². The van der Waals surface area contributed by atoms with E-state index in [0.717, 1.165) is 19.5 Å². The molecule has 0 aliphatic rings. The van der Waals surface area contributed by atoms with Crippen LogP contribution in [0, 0.1) is 0 Å². The van der Waals surface area contributed by atoms with Crippen molar-refractivity contribution in [1.29, 1.82) is 0 Å². The van der Waals surface area contributed by atoms with Crippen LogP contribution < -0.4 is 10.6 Å². The SMILES string of the molecule is CNCCC=Cc1ccc(CNC)cc1. The summed E-state index contributed by atoms with van der Waals surface area (Å²) >= 11 is 0. The summed E-state index contributed by atoms with van der Waals surface area (Å²) in [4.78, 5) is 0. The maximum absolute atomic E-state index is 3.14. The lowest BCUT2D eigenvalue weighted by molar-refractivity contribution is 0.809. The Morgan fingerprint density at radius 3 is 2.40 bits per heavy atom.